The lowest BCUT2D eigenvalue weighted by atomic mass is 10.3. The standard InChI is InChI=1S/C12H9N3OS2/c16-10-7-18-12(15-10)5-11-14-9(6-17-11)8-3-1-2-4-13-8/h1-6H,7H2,(H,15,16)/b12-5+. The van der Waals surface area contributed by atoms with Crippen molar-refractivity contribution in [3.05, 3.63) is 39.8 Å². The minimum atomic E-state index is 0.0488. The molecule has 90 valence electrons. The maximum atomic E-state index is 11.1. The first kappa shape index (κ1) is 11.4. The molecule has 2 aromatic heterocycles. The van der Waals surface area contributed by atoms with E-state index in [1.807, 2.05) is 29.7 Å². The van der Waals surface area contributed by atoms with Gasteiger partial charge in [0.2, 0.25) is 5.91 Å². The average molecular weight is 275 g/mol. The highest BCUT2D eigenvalue weighted by Gasteiger charge is 2.15. The molecule has 1 amide bonds. The maximum Gasteiger partial charge on any atom is 0.235 e. The van der Waals surface area contributed by atoms with Gasteiger partial charge in [0, 0.05) is 17.7 Å². The van der Waals surface area contributed by atoms with E-state index in [1.54, 1.807) is 17.5 Å². The summed E-state index contributed by atoms with van der Waals surface area (Å²) in [4.78, 5) is 19.8. The van der Waals surface area contributed by atoms with Crippen molar-refractivity contribution in [1.29, 1.82) is 0 Å². The van der Waals surface area contributed by atoms with E-state index in [0.29, 0.717) is 5.75 Å². The summed E-state index contributed by atoms with van der Waals surface area (Å²) in [6.07, 6.45) is 3.65. The fourth-order valence-corrected chi connectivity index (χ4v) is 3.09. The number of hydrogen-bond acceptors (Lipinski definition) is 5. The van der Waals surface area contributed by atoms with Gasteiger partial charge in [-0.2, -0.15) is 0 Å². The number of nitrogens with zero attached hydrogens (tertiary/aromatic N) is 2. The lowest BCUT2D eigenvalue weighted by Crippen LogP contribution is -2.13. The molecular formula is C12H9N3OS2. The molecule has 18 heavy (non-hydrogen) atoms. The van der Waals surface area contributed by atoms with E-state index in [2.05, 4.69) is 15.3 Å². The van der Waals surface area contributed by atoms with E-state index in [0.717, 1.165) is 21.4 Å². The molecule has 6 heteroatoms. The molecule has 0 radical (unpaired) electrons. The summed E-state index contributed by atoms with van der Waals surface area (Å²) in [5, 5.41) is 6.49. The number of carbonyl (C=O) groups is 1. The van der Waals surface area contributed by atoms with Crippen molar-refractivity contribution in [2.75, 3.05) is 5.75 Å². The highest BCUT2D eigenvalue weighted by atomic mass is 32.2. The molecule has 1 aliphatic rings. The first-order chi connectivity index (χ1) is 8.81. The molecule has 3 heterocycles. The van der Waals surface area contributed by atoms with E-state index in [9.17, 15) is 4.79 Å². The van der Waals surface area contributed by atoms with E-state index in [-0.39, 0.29) is 5.91 Å². The van der Waals surface area contributed by atoms with Crippen molar-refractivity contribution < 1.29 is 4.79 Å². The molecule has 1 aliphatic heterocycles. The Morgan fingerprint density at radius 2 is 2.28 bits per heavy atom. The number of thioether (sulfide) groups is 1. The van der Waals surface area contributed by atoms with Crippen LogP contribution in [0.2, 0.25) is 0 Å². The van der Waals surface area contributed by atoms with Crippen molar-refractivity contribution in [3.8, 4) is 11.4 Å². The molecular weight excluding hydrogens is 266 g/mol. The summed E-state index contributed by atoms with van der Waals surface area (Å²) < 4.78 is 0. The van der Waals surface area contributed by atoms with Crippen LogP contribution in [-0.2, 0) is 4.79 Å². The van der Waals surface area contributed by atoms with E-state index < -0.39 is 0 Å². The zero-order valence-corrected chi connectivity index (χ0v) is 10.9. The lowest BCUT2D eigenvalue weighted by molar-refractivity contribution is -0.117. The van der Waals surface area contributed by atoms with E-state index in [4.69, 9.17) is 0 Å². The van der Waals surface area contributed by atoms with Gasteiger partial charge >= 0.3 is 0 Å². The summed E-state index contributed by atoms with van der Waals surface area (Å²) in [5.74, 6) is 0.539. The van der Waals surface area contributed by atoms with Crippen LogP contribution in [-0.4, -0.2) is 21.6 Å². The van der Waals surface area contributed by atoms with Gasteiger partial charge < -0.3 is 5.32 Å². The highest BCUT2D eigenvalue weighted by molar-refractivity contribution is 8.04. The smallest absolute Gasteiger partial charge is 0.235 e. The van der Waals surface area contributed by atoms with Gasteiger partial charge in [-0.1, -0.05) is 17.8 Å². The summed E-state index contributed by atoms with van der Waals surface area (Å²) in [5.41, 5.74) is 1.73. The molecule has 1 N–H and O–H groups in total. The van der Waals surface area contributed by atoms with Crippen LogP contribution in [0.4, 0.5) is 0 Å². The molecule has 4 nitrogen and oxygen atoms in total. The van der Waals surface area contributed by atoms with Crippen molar-refractivity contribution in [2.24, 2.45) is 0 Å². The van der Waals surface area contributed by atoms with Crippen LogP contribution in [0.3, 0.4) is 0 Å². The third-order valence-corrected chi connectivity index (χ3v) is 4.05. The normalized spacial score (nSPS) is 17.1. The van der Waals surface area contributed by atoms with Crippen molar-refractivity contribution in [1.82, 2.24) is 15.3 Å². The van der Waals surface area contributed by atoms with Crippen LogP contribution in [0.15, 0.2) is 34.8 Å². The van der Waals surface area contributed by atoms with Crippen molar-refractivity contribution in [3.63, 3.8) is 0 Å². The van der Waals surface area contributed by atoms with Gasteiger partial charge in [-0.25, -0.2) is 4.98 Å². The average Bonchev–Trinajstić information content (AvgIpc) is 3.01. The number of aromatic nitrogens is 2. The number of amides is 1. The SMILES string of the molecule is O=C1CS/C(=C/c2nc(-c3ccccn3)cs2)N1. The zero-order valence-electron chi connectivity index (χ0n) is 9.29. The minimum Gasteiger partial charge on any atom is -0.320 e. The molecule has 0 spiro atoms. The van der Waals surface area contributed by atoms with E-state index >= 15 is 0 Å². The Bertz CT molecular complexity index is 607. The molecule has 0 atom stereocenters. The number of carbonyl (C=O) groups excluding carboxylic acids is 1. The van der Waals surface area contributed by atoms with Crippen LogP contribution in [0.25, 0.3) is 17.5 Å². The number of thiazole rings is 1. The zero-order chi connectivity index (χ0) is 12.4. The van der Waals surface area contributed by atoms with Gasteiger partial charge in [0.15, 0.2) is 0 Å². The Morgan fingerprint density at radius 1 is 1.33 bits per heavy atom. The van der Waals surface area contributed by atoms with Gasteiger partial charge in [-0.3, -0.25) is 9.78 Å². The topological polar surface area (TPSA) is 54.9 Å². The fourth-order valence-electron chi connectivity index (χ4n) is 1.53. The molecule has 0 unspecified atom stereocenters. The quantitative estimate of drug-likeness (QED) is 0.914. The first-order valence-corrected chi connectivity index (χ1v) is 7.19. The highest BCUT2D eigenvalue weighted by Crippen LogP contribution is 2.25. The van der Waals surface area contributed by atoms with Gasteiger partial charge in [-0.05, 0) is 12.1 Å². The predicted octanol–water partition coefficient (Wildman–Crippen LogP) is 2.37. The predicted molar refractivity (Wildman–Crippen MR) is 73.9 cm³/mol. The molecule has 3 rings (SSSR count). The van der Waals surface area contributed by atoms with Crippen LogP contribution in [0.5, 0.6) is 0 Å². The molecule has 1 fully saturated rings. The Hall–Kier alpha value is -1.66. The summed E-state index contributed by atoms with van der Waals surface area (Å²) in [6, 6.07) is 5.74. The van der Waals surface area contributed by atoms with Gasteiger partial charge in [-0.15, -0.1) is 11.3 Å². The van der Waals surface area contributed by atoms with Gasteiger partial charge in [0.25, 0.3) is 0 Å². The number of hydrogen-bond donors (Lipinski definition) is 1. The minimum absolute atomic E-state index is 0.0488. The lowest BCUT2D eigenvalue weighted by Gasteiger charge is -1.94. The number of rotatable bonds is 2. The molecule has 1 saturated heterocycles. The Kier molecular flexibility index (Phi) is 3.12. The van der Waals surface area contributed by atoms with Crippen molar-refractivity contribution >= 4 is 35.1 Å². The molecule has 0 bridgehead atoms. The van der Waals surface area contributed by atoms with Gasteiger partial charge in [0.05, 0.1) is 16.5 Å². The molecule has 0 aliphatic carbocycles. The van der Waals surface area contributed by atoms with Crippen LogP contribution in [0.1, 0.15) is 5.01 Å². The van der Waals surface area contributed by atoms with Crippen LogP contribution < -0.4 is 5.32 Å². The molecule has 0 aromatic carbocycles. The Balaban J connectivity index is 1.84. The van der Waals surface area contributed by atoms with Crippen LogP contribution in [0, 0.1) is 0 Å². The second kappa shape index (κ2) is 4.91. The second-order valence-corrected chi connectivity index (χ2v) is 5.54. The number of pyridine rings is 1. The monoisotopic (exact) mass is 275 g/mol. The van der Waals surface area contributed by atoms with Crippen LogP contribution >= 0.6 is 23.1 Å². The third kappa shape index (κ3) is 2.44. The van der Waals surface area contributed by atoms with Gasteiger partial charge in [0.1, 0.15) is 10.7 Å². The second-order valence-electron chi connectivity index (χ2n) is 3.63. The number of nitrogens with one attached hydrogen (secondary N) is 1. The maximum absolute atomic E-state index is 11.1. The summed E-state index contributed by atoms with van der Waals surface area (Å²) >= 11 is 3.04. The Morgan fingerprint density at radius 3 is 3.00 bits per heavy atom. The summed E-state index contributed by atoms with van der Waals surface area (Å²) in [7, 11) is 0. The summed E-state index contributed by atoms with van der Waals surface area (Å²) in [6.45, 7) is 0. The van der Waals surface area contributed by atoms with Crippen molar-refractivity contribution in [2.45, 2.75) is 0 Å². The molecule has 2 aromatic rings. The Labute approximate surface area is 112 Å². The fraction of sp³-hybridized carbons (Fsp3) is 0.0833. The van der Waals surface area contributed by atoms with E-state index in [1.165, 1.54) is 11.8 Å². The first-order valence-electron chi connectivity index (χ1n) is 5.32. The largest absolute Gasteiger partial charge is 0.320 e. The third-order valence-electron chi connectivity index (χ3n) is 2.33. The molecule has 0 saturated carbocycles.